The van der Waals surface area contributed by atoms with E-state index in [9.17, 15) is 18.0 Å². The molecule has 0 amide bonds. The van der Waals surface area contributed by atoms with E-state index in [-0.39, 0.29) is 5.70 Å². The second-order valence-electron chi connectivity index (χ2n) is 4.73. The van der Waals surface area contributed by atoms with Crippen molar-refractivity contribution in [3.05, 3.63) is 66.4 Å². The van der Waals surface area contributed by atoms with E-state index in [0.717, 1.165) is 11.1 Å². The fourth-order valence-electron chi connectivity index (χ4n) is 1.99. The van der Waals surface area contributed by atoms with Gasteiger partial charge in [0.1, 0.15) is 0 Å². The maximum Gasteiger partial charge on any atom is 0.454 e. The molecular formula is C17H14F3NO. The van der Waals surface area contributed by atoms with E-state index in [1.165, 1.54) is 6.92 Å². The normalized spacial score (nSPS) is 12.1. The van der Waals surface area contributed by atoms with Crippen molar-refractivity contribution in [2.24, 2.45) is 0 Å². The van der Waals surface area contributed by atoms with E-state index in [2.05, 4.69) is 5.32 Å². The van der Waals surface area contributed by atoms with Crippen molar-refractivity contribution in [3.8, 4) is 11.1 Å². The van der Waals surface area contributed by atoms with Crippen molar-refractivity contribution in [1.82, 2.24) is 0 Å². The molecule has 0 aromatic heterocycles. The smallest absolute Gasteiger partial charge is 0.359 e. The maximum absolute atomic E-state index is 12.3. The third kappa shape index (κ3) is 3.97. The van der Waals surface area contributed by atoms with Crippen molar-refractivity contribution in [1.29, 1.82) is 0 Å². The lowest BCUT2D eigenvalue weighted by molar-refractivity contribution is -0.165. The fraction of sp³-hybridized carbons (Fsp3) is 0.118. The van der Waals surface area contributed by atoms with Gasteiger partial charge in [-0.2, -0.15) is 13.2 Å². The molecule has 0 fully saturated rings. The minimum Gasteiger partial charge on any atom is -0.359 e. The molecule has 2 aromatic carbocycles. The molecule has 0 aliphatic carbocycles. The highest BCUT2D eigenvalue weighted by molar-refractivity contribution is 5.95. The number of anilines is 1. The molecule has 5 heteroatoms. The average molecular weight is 305 g/mol. The monoisotopic (exact) mass is 305 g/mol. The molecule has 1 N–H and O–H groups in total. The molecular weight excluding hydrogens is 291 g/mol. The van der Waals surface area contributed by atoms with E-state index in [1.807, 2.05) is 42.5 Å². The number of hydrogen-bond acceptors (Lipinski definition) is 2. The molecule has 2 nitrogen and oxygen atoms in total. The van der Waals surface area contributed by atoms with Crippen molar-refractivity contribution >= 4 is 11.5 Å². The third-order valence-electron chi connectivity index (χ3n) is 2.97. The van der Waals surface area contributed by atoms with Gasteiger partial charge in [-0.25, -0.2) is 0 Å². The quantitative estimate of drug-likeness (QED) is 0.822. The summed E-state index contributed by atoms with van der Waals surface area (Å²) >= 11 is 0. The predicted molar refractivity (Wildman–Crippen MR) is 80.3 cm³/mol. The summed E-state index contributed by atoms with van der Waals surface area (Å²) < 4.78 is 36.8. The Morgan fingerprint density at radius 1 is 1.00 bits per heavy atom. The summed E-state index contributed by atoms with van der Waals surface area (Å²) in [4.78, 5) is 11.0. The molecule has 0 heterocycles. The Hall–Kier alpha value is -2.56. The molecule has 0 saturated carbocycles. The molecule has 0 aliphatic heterocycles. The number of benzene rings is 2. The number of hydrogen-bond donors (Lipinski definition) is 1. The first-order valence-electron chi connectivity index (χ1n) is 6.59. The summed E-state index contributed by atoms with van der Waals surface area (Å²) in [6.45, 7) is 1.42. The topological polar surface area (TPSA) is 29.1 Å². The zero-order chi connectivity index (χ0) is 16.2. The van der Waals surface area contributed by atoms with Crippen LogP contribution in [-0.4, -0.2) is 12.0 Å². The number of carbonyl (C=O) groups excluding carboxylic acids is 1. The molecule has 0 spiro atoms. The van der Waals surface area contributed by atoms with Gasteiger partial charge in [-0.1, -0.05) is 48.5 Å². The summed E-state index contributed by atoms with van der Waals surface area (Å²) in [5.74, 6) is -1.88. The summed E-state index contributed by atoms with van der Waals surface area (Å²) in [6.07, 6.45) is -4.30. The van der Waals surface area contributed by atoms with Crippen LogP contribution in [0.5, 0.6) is 0 Å². The molecule has 0 radical (unpaired) electrons. The van der Waals surface area contributed by atoms with Gasteiger partial charge in [-0.05, 0) is 18.6 Å². The van der Waals surface area contributed by atoms with Crippen LogP contribution in [0.25, 0.3) is 11.1 Å². The number of nitrogens with one attached hydrogen (secondary N) is 1. The molecule has 22 heavy (non-hydrogen) atoms. The van der Waals surface area contributed by atoms with Crippen LogP contribution in [-0.2, 0) is 4.79 Å². The Labute approximate surface area is 126 Å². The van der Waals surface area contributed by atoms with Crippen molar-refractivity contribution in [2.45, 2.75) is 13.1 Å². The standard InChI is InChI=1S/C17H14F3NO/c1-12(11-16(22)17(18,19)20)21-15-10-6-5-9-14(15)13-7-3-2-4-8-13/h2-11,21H,1H3/b12-11+. The highest BCUT2D eigenvalue weighted by atomic mass is 19.4. The molecule has 0 unspecified atom stereocenters. The predicted octanol–water partition coefficient (Wildman–Crippen LogP) is 4.80. The summed E-state index contributed by atoms with van der Waals surface area (Å²) in [6, 6.07) is 16.7. The highest BCUT2D eigenvalue weighted by Crippen LogP contribution is 2.28. The van der Waals surface area contributed by atoms with Crippen LogP contribution in [0.15, 0.2) is 66.4 Å². The van der Waals surface area contributed by atoms with Crippen LogP contribution in [0.3, 0.4) is 0 Å². The first-order chi connectivity index (χ1) is 10.4. The highest BCUT2D eigenvalue weighted by Gasteiger charge is 2.36. The van der Waals surface area contributed by atoms with Gasteiger partial charge in [0.2, 0.25) is 0 Å². The number of carbonyl (C=O) groups is 1. The van der Waals surface area contributed by atoms with Gasteiger partial charge >= 0.3 is 6.18 Å². The molecule has 2 rings (SSSR count). The average Bonchev–Trinajstić information content (AvgIpc) is 2.47. The molecule has 0 atom stereocenters. The number of allylic oxidation sites excluding steroid dienone is 2. The summed E-state index contributed by atoms with van der Waals surface area (Å²) in [5.41, 5.74) is 2.54. The molecule has 0 bridgehead atoms. The second-order valence-corrected chi connectivity index (χ2v) is 4.73. The van der Waals surface area contributed by atoms with Gasteiger partial charge in [-0.3, -0.25) is 4.79 Å². The fourth-order valence-corrected chi connectivity index (χ4v) is 1.99. The van der Waals surface area contributed by atoms with Gasteiger partial charge < -0.3 is 5.32 Å². The van der Waals surface area contributed by atoms with E-state index in [0.29, 0.717) is 11.8 Å². The van der Waals surface area contributed by atoms with Gasteiger partial charge in [0.15, 0.2) is 0 Å². The Kier molecular flexibility index (Phi) is 4.65. The number of halogens is 3. The summed E-state index contributed by atoms with van der Waals surface area (Å²) in [5, 5.41) is 2.85. The lowest BCUT2D eigenvalue weighted by atomic mass is 10.0. The van der Waals surface area contributed by atoms with Crippen molar-refractivity contribution in [3.63, 3.8) is 0 Å². The van der Waals surface area contributed by atoms with Crippen molar-refractivity contribution in [2.75, 3.05) is 5.32 Å². The second kappa shape index (κ2) is 6.47. The number of ketones is 1. The minimum absolute atomic E-state index is 0.130. The lowest BCUT2D eigenvalue weighted by Crippen LogP contribution is -2.21. The van der Waals surface area contributed by atoms with E-state index in [4.69, 9.17) is 0 Å². The van der Waals surface area contributed by atoms with Crippen LogP contribution in [0.1, 0.15) is 6.92 Å². The van der Waals surface area contributed by atoms with Crippen LogP contribution in [0.4, 0.5) is 18.9 Å². The lowest BCUT2D eigenvalue weighted by Gasteiger charge is -2.13. The first kappa shape index (κ1) is 15.8. The minimum atomic E-state index is -4.86. The summed E-state index contributed by atoms with van der Waals surface area (Å²) in [7, 11) is 0. The Balaban J connectivity index is 2.28. The van der Waals surface area contributed by atoms with Gasteiger partial charge in [0.25, 0.3) is 5.78 Å². The Bertz CT molecular complexity index is 691. The van der Waals surface area contributed by atoms with E-state index in [1.54, 1.807) is 12.1 Å². The van der Waals surface area contributed by atoms with Crippen molar-refractivity contribution < 1.29 is 18.0 Å². The number of alkyl halides is 3. The molecule has 2 aromatic rings. The van der Waals surface area contributed by atoms with Gasteiger partial charge in [0.05, 0.1) is 0 Å². The molecule has 114 valence electrons. The first-order valence-corrected chi connectivity index (χ1v) is 6.59. The Morgan fingerprint density at radius 3 is 2.23 bits per heavy atom. The zero-order valence-corrected chi connectivity index (χ0v) is 11.8. The van der Waals surface area contributed by atoms with E-state index < -0.39 is 12.0 Å². The molecule has 0 saturated heterocycles. The largest absolute Gasteiger partial charge is 0.454 e. The Morgan fingerprint density at radius 2 is 1.59 bits per heavy atom. The van der Waals surface area contributed by atoms with Gasteiger partial charge in [-0.15, -0.1) is 0 Å². The van der Waals surface area contributed by atoms with Crippen LogP contribution in [0.2, 0.25) is 0 Å². The molecule has 0 aliphatic rings. The maximum atomic E-state index is 12.3. The van der Waals surface area contributed by atoms with Crippen LogP contribution < -0.4 is 5.32 Å². The zero-order valence-electron chi connectivity index (χ0n) is 11.8. The van der Waals surface area contributed by atoms with Crippen LogP contribution in [0, 0.1) is 0 Å². The SMILES string of the molecule is C/C(=C\C(=O)C(F)(F)F)Nc1ccccc1-c1ccccc1. The van der Waals surface area contributed by atoms with E-state index >= 15 is 0 Å². The third-order valence-corrected chi connectivity index (χ3v) is 2.97. The number of para-hydroxylation sites is 1. The number of rotatable bonds is 4. The van der Waals surface area contributed by atoms with Crippen LogP contribution >= 0.6 is 0 Å². The van der Waals surface area contributed by atoms with Gasteiger partial charge in [0, 0.05) is 23.0 Å².